The van der Waals surface area contributed by atoms with Crippen molar-refractivity contribution in [1.82, 2.24) is 10.3 Å². The van der Waals surface area contributed by atoms with E-state index in [9.17, 15) is 4.79 Å². The Kier molecular flexibility index (Phi) is 7.30. The molecule has 1 fully saturated rings. The average molecular weight is 412 g/mol. The van der Waals surface area contributed by atoms with Crippen LogP contribution >= 0.6 is 0 Å². The molecule has 1 heterocycles. The van der Waals surface area contributed by atoms with E-state index in [1.165, 1.54) is 12.8 Å². The average Bonchev–Trinajstić information content (AvgIpc) is 3.29. The first-order valence-electron chi connectivity index (χ1n) is 10.0. The van der Waals surface area contributed by atoms with Crippen molar-refractivity contribution in [1.29, 1.82) is 0 Å². The van der Waals surface area contributed by atoms with E-state index in [4.69, 9.17) is 14.2 Å². The molecule has 7 heteroatoms. The van der Waals surface area contributed by atoms with Gasteiger partial charge in [-0.3, -0.25) is 9.69 Å². The van der Waals surface area contributed by atoms with Crippen molar-refractivity contribution in [2.24, 2.45) is 5.10 Å². The van der Waals surface area contributed by atoms with Gasteiger partial charge in [-0.25, -0.2) is 5.43 Å². The van der Waals surface area contributed by atoms with Crippen LogP contribution in [0, 0.1) is 0 Å². The van der Waals surface area contributed by atoms with E-state index in [0.29, 0.717) is 22.8 Å². The van der Waals surface area contributed by atoms with E-state index in [-0.39, 0.29) is 5.91 Å². The summed E-state index contributed by atoms with van der Waals surface area (Å²) in [5.41, 5.74) is 5.80. The van der Waals surface area contributed by atoms with E-state index < -0.39 is 0 Å². The molecule has 0 saturated carbocycles. The van der Waals surface area contributed by atoms with Gasteiger partial charge in [0, 0.05) is 23.7 Å². The Labute approximate surface area is 177 Å². The number of benzene rings is 2. The Morgan fingerprint density at radius 1 is 0.967 bits per heavy atom. The highest BCUT2D eigenvalue weighted by Gasteiger charge is 2.15. The summed E-state index contributed by atoms with van der Waals surface area (Å²) in [6.07, 6.45) is 2.48. The van der Waals surface area contributed by atoms with E-state index in [0.717, 1.165) is 36.5 Å². The standard InChI is InChI=1S/C23H29N3O4/c1-16(24-25-23(27)18-12-20(28-2)14-21(13-18)29-3)17-7-8-22(30-4)19(11-17)15-26-9-5-6-10-26/h7-8,11-14H,5-6,9-10,15H2,1-4H3,(H,25,27)/b24-16-. The minimum Gasteiger partial charge on any atom is -0.497 e. The third-order valence-corrected chi connectivity index (χ3v) is 5.23. The van der Waals surface area contributed by atoms with Crippen LogP contribution in [0.15, 0.2) is 41.5 Å². The lowest BCUT2D eigenvalue weighted by atomic mass is 10.1. The van der Waals surface area contributed by atoms with Gasteiger partial charge in [0.2, 0.25) is 0 Å². The molecule has 1 saturated heterocycles. The molecule has 0 spiro atoms. The number of methoxy groups -OCH3 is 3. The summed E-state index contributed by atoms with van der Waals surface area (Å²) in [6, 6.07) is 11.0. The van der Waals surface area contributed by atoms with E-state index in [2.05, 4.69) is 21.5 Å². The van der Waals surface area contributed by atoms with Gasteiger partial charge in [0.25, 0.3) is 5.91 Å². The van der Waals surface area contributed by atoms with Gasteiger partial charge in [0.1, 0.15) is 17.2 Å². The van der Waals surface area contributed by atoms with Crippen LogP contribution in [0.25, 0.3) is 0 Å². The number of hydrogen-bond donors (Lipinski definition) is 1. The first kappa shape index (κ1) is 21.6. The van der Waals surface area contributed by atoms with Crippen LogP contribution in [0.5, 0.6) is 17.2 Å². The van der Waals surface area contributed by atoms with Crippen molar-refractivity contribution in [2.45, 2.75) is 26.3 Å². The van der Waals surface area contributed by atoms with Gasteiger partial charge in [-0.05, 0) is 68.8 Å². The summed E-state index contributed by atoms with van der Waals surface area (Å²) in [7, 11) is 4.77. The van der Waals surface area contributed by atoms with Crippen molar-refractivity contribution < 1.29 is 19.0 Å². The molecule has 0 bridgehead atoms. The van der Waals surface area contributed by atoms with Crippen LogP contribution in [0.1, 0.15) is 41.3 Å². The molecule has 0 unspecified atom stereocenters. The lowest BCUT2D eigenvalue weighted by molar-refractivity contribution is 0.0954. The fourth-order valence-electron chi connectivity index (χ4n) is 3.51. The summed E-state index contributed by atoms with van der Waals surface area (Å²) >= 11 is 0. The second-order valence-corrected chi connectivity index (χ2v) is 7.25. The number of rotatable bonds is 8. The van der Waals surface area contributed by atoms with Crippen LogP contribution in [0.3, 0.4) is 0 Å². The largest absolute Gasteiger partial charge is 0.497 e. The zero-order chi connectivity index (χ0) is 21.5. The van der Waals surface area contributed by atoms with Gasteiger partial charge in [0.05, 0.1) is 27.0 Å². The molecule has 30 heavy (non-hydrogen) atoms. The summed E-state index contributed by atoms with van der Waals surface area (Å²) in [6.45, 7) is 4.94. The maximum Gasteiger partial charge on any atom is 0.271 e. The van der Waals surface area contributed by atoms with Gasteiger partial charge in [-0.1, -0.05) is 0 Å². The fraction of sp³-hybridized carbons (Fsp3) is 0.391. The number of amides is 1. The SMILES string of the molecule is COc1cc(OC)cc(C(=O)N/N=C(/C)c2ccc(OC)c(CN3CCCC3)c2)c1. The van der Waals surface area contributed by atoms with Crippen LogP contribution in [0.4, 0.5) is 0 Å². The molecule has 1 amide bonds. The van der Waals surface area contributed by atoms with Crippen LogP contribution in [0.2, 0.25) is 0 Å². The molecule has 3 rings (SSSR count). The number of carbonyl (C=O) groups excluding carboxylic acids is 1. The van der Waals surface area contributed by atoms with Crippen molar-refractivity contribution in [3.63, 3.8) is 0 Å². The Morgan fingerprint density at radius 3 is 2.23 bits per heavy atom. The van der Waals surface area contributed by atoms with Gasteiger partial charge < -0.3 is 14.2 Å². The van der Waals surface area contributed by atoms with Gasteiger partial charge in [-0.2, -0.15) is 5.10 Å². The van der Waals surface area contributed by atoms with E-state index >= 15 is 0 Å². The molecule has 160 valence electrons. The first-order valence-corrected chi connectivity index (χ1v) is 10.0. The quantitative estimate of drug-likeness (QED) is 0.532. The van der Waals surface area contributed by atoms with Gasteiger partial charge >= 0.3 is 0 Å². The second-order valence-electron chi connectivity index (χ2n) is 7.25. The monoisotopic (exact) mass is 411 g/mol. The van der Waals surface area contributed by atoms with Crippen molar-refractivity contribution in [3.8, 4) is 17.2 Å². The Hall–Kier alpha value is -3.06. The van der Waals surface area contributed by atoms with Crippen molar-refractivity contribution >= 4 is 11.6 Å². The van der Waals surface area contributed by atoms with Crippen LogP contribution < -0.4 is 19.6 Å². The minimum absolute atomic E-state index is 0.336. The third-order valence-electron chi connectivity index (χ3n) is 5.23. The molecule has 1 aliphatic heterocycles. The van der Waals surface area contributed by atoms with Gasteiger partial charge in [-0.15, -0.1) is 0 Å². The fourth-order valence-corrected chi connectivity index (χ4v) is 3.51. The number of hydrogen-bond acceptors (Lipinski definition) is 6. The molecular formula is C23H29N3O4. The summed E-state index contributed by atoms with van der Waals surface area (Å²) < 4.78 is 16.0. The second kappa shape index (κ2) is 10.1. The molecule has 2 aromatic carbocycles. The third kappa shape index (κ3) is 5.30. The molecule has 0 radical (unpaired) electrons. The lowest BCUT2D eigenvalue weighted by Gasteiger charge is -2.17. The normalized spacial score (nSPS) is 14.5. The highest BCUT2D eigenvalue weighted by molar-refractivity contribution is 6.01. The molecule has 1 aliphatic rings. The number of hydrazone groups is 1. The number of ether oxygens (including phenoxy) is 3. The summed E-state index contributed by atoms with van der Waals surface area (Å²) in [5, 5.41) is 4.29. The zero-order valence-electron chi connectivity index (χ0n) is 18.0. The smallest absolute Gasteiger partial charge is 0.271 e. The number of nitrogens with zero attached hydrogens (tertiary/aromatic N) is 2. The molecule has 0 aliphatic carbocycles. The van der Waals surface area contributed by atoms with Crippen molar-refractivity contribution in [2.75, 3.05) is 34.4 Å². The van der Waals surface area contributed by atoms with Crippen LogP contribution in [-0.4, -0.2) is 50.9 Å². The van der Waals surface area contributed by atoms with E-state index in [1.54, 1.807) is 39.5 Å². The zero-order valence-corrected chi connectivity index (χ0v) is 18.0. The van der Waals surface area contributed by atoms with Crippen molar-refractivity contribution in [3.05, 3.63) is 53.1 Å². The summed E-state index contributed by atoms with van der Waals surface area (Å²) in [4.78, 5) is 15.0. The number of nitrogens with one attached hydrogen (secondary N) is 1. The number of likely N-dealkylation sites (tertiary alicyclic amines) is 1. The maximum atomic E-state index is 12.6. The molecule has 0 aromatic heterocycles. The molecular weight excluding hydrogens is 382 g/mol. The lowest BCUT2D eigenvalue weighted by Crippen LogP contribution is -2.20. The van der Waals surface area contributed by atoms with Gasteiger partial charge in [0.15, 0.2) is 0 Å². The summed E-state index contributed by atoms with van der Waals surface area (Å²) in [5.74, 6) is 1.62. The minimum atomic E-state index is -0.336. The van der Waals surface area contributed by atoms with E-state index in [1.807, 2.05) is 19.1 Å². The van der Waals surface area contributed by atoms with Crippen LogP contribution in [-0.2, 0) is 6.54 Å². The highest BCUT2D eigenvalue weighted by atomic mass is 16.5. The Morgan fingerprint density at radius 2 is 1.63 bits per heavy atom. The Bertz CT molecular complexity index is 898. The Balaban J connectivity index is 1.75. The molecule has 7 nitrogen and oxygen atoms in total. The maximum absolute atomic E-state index is 12.6. The topological polar surface area (TPSA) is 72.4 Å². The number of carbonyl (C=O) groups is 1. The highest BCUT2D eigenvalue weighted by Crippen LogP contribution is 2.24. The predicted molar refractivity (Wildman–Crippen MR) is 117 cm³/mol. The first-order chi connectivity index (χ1) is 14.5. The predicted octanol–water partition coefficient (Wildman–Crippen LogP) is 3.46. The molecule has 1 N–H and O–H groups in total. The molecule has 2 aromatic rings. The molecule has 0 atom stereocenters.